The first-order valence-corrected chi connectivity index (χ1v) is 14.8. The Morgan fingerprint density at radius 2 is 1.85 bits per heavy atom. The van der Waals surface area contributed by atoms with Crippen molar-refractivity contribution in [1.29, 1.82) is 0 Å². The highest BCUT2D eigenvalue weighted by molar-refractivity contribution is 7.09. The molecule has 3 heterocycles. The van der Waals surface area contributed by atoms with Crippen LogP contribution >= 0.6 is 11.3 Å². The molecule has 0 saturated heterocycles. The number of carbonyl (C=O) groups excluding carboxylic acids is 4. The first-order valence-electron chi connectivity index (χ1n) is 13.9. The predicted molar refractivity (Wildman–Crippen MR) is 151 cm³/mol. The maximum atomic E-state index is 13.3. The molecule has 5 rings (SSSR count). The second-order valence-electron chi connectivity index (χ2n) is 10.8. The minimum atomic E-state index is -0.660. The van der Waals surface area contributed by atoms with Gasteiger partial charge < -0.3 is 25.3 Å². The SMILES string of the molecule is CC(C)[C@@H]1NC(=O)CN(C(=O)C2CCC2)CCNC(=O)c2coc(n2)[C@H](Cc2ccccc2)NC(=O)c2csc1n2. The number of oxazole rings is 1. The Kier molecular flexibility index (Phi) is 8.77. The van der Waals surface area contributed by atoms with Gasteiger partial charge in [0.2, 0.25) is 17.7 Å². The second-order valence-corrected chi connectivity index (χ2v) is 11.7. The van der Waals surface area contributed by atoms with Crippen molar-refractivity contribution in [1.82, 2.24) is 30.8 Å². The van der Waals surface area contributed by atoms with Gasteiger partial charge in [-0.25, -0.2) is 9.97 Å². The number of amides is 4. The van der Waals surface area contributed by atoms with E-state index in [1.807, 2.05) is 44.2 Å². The lowest BCUT2D eigenvalue weighted by Gasteiger charge is -2.32. The van der Waals surface area contributed by atoms with E-state index in [-0.39, 0.29) is 60.6 Å². The van der Waals surface area contributed by atoms with Crippen LogP contribution in [0.25, 0.3) is 0 Å². The van der Waals surface area contributed by atoms with E-state index in [0.29, 0.717) is 11.4 Å². The van der Waals surface area contributed by atoms with Crippen molar-refractivity contribution in [2.24, 2.45) is 11.8 Å². The van der Waals surface area contributed by atoms with Gasteiger partial charge in [0.1, 0.15) is 23.0 Å². The Labute approximate surface area is 242 Å². The van der Waals surface area contributed by atoms with Crippen LogP contribution in [0, 0.1) is 11.8 Å². The average Bonchev–Trinajstić information content (AvgIpc) is 3.60. The monoisotopic (exact) mass is 578 g/mol. The summed E-state index contributed by atoms with van der Waals surface area (Å²) in [5, 5.41) is 11.0. The van der Waals surface area contributed by atoms with Gasteiger partial charge >= 0.3 is 0 Å². The first kappa shape index (κ1) is 28.5. The second kappa shape index (κ2) is 12.6. The first-order chi connectivity index (χ1) is 19.8. The third-order valence-electron chi connectivity index (χ3n) is 7.41. The van der Waals surface area contributed by atoms with Crippen LogP contribution in [0.15, 0.2) is 46.4 Å². The molecule has 1 aliphatic heterocycles. The summed E-state index contributed by atoms with van der Waals surface area (Å²) >= 11 is 1.29. The Balaban J connectivity index is 1.45. The highest BCUT2D eigenvalue weighted by atomic mass is 32.1. The Bertz CT molecular complexity index is 1400. The minimum absolute atomic E-state index is 0.0155. The number of hydrogen-bond acceptors (Lipinski definition) is 8. The van der Waals surface area contributed by atoms with Crippen molar-refractivity contribution in [3.05, 3.63) is 69.8 Å². The molecule has 0 spiro atoms. The van der Waals surface area contributed by atoms with Gasteiger partial charge in [0, 0.05) is 30.8 Å². The van der Waals surface area contributed by atoms with Crippen molar-refractivity contribution in [2.45, 2.75) is 51.6 Å². The van der Waals surface area contributed by atoms with Crippen LogP contribution in [0.3, 0.4) is 0 Å². The molecule has 1 saturated carbocycles. The quantitative estimate of drug-likeness (QED) is 0.431. The number of aromatic nitrogens is 2. The summed E-state index contributed by atoms with van der Waals surface area (Å²) in [6.45, 7) is 4.10. The van der Waals surface area contributed by atoms with Gasteiger partial charge in [0.25, 0.3) is 11.8 Å². The van der Waals surface area contributed by atoms with E-state index in [4.69, 9.17) is 4.42 Å². The fraction of sp³-hybridized carbons (Fsp3) is 0.448. The molecular weight excluding hydrogens is 544 g/mol. The Morgan fingerprint density at radius 3 is 2.56 bits per heavy atom. The zero-order valence-corrected chi connectivity index (χ0v) is 23.9. The van der Waals surface area contributed by atoms with E-state index in [9.17, 15) is 19.2 Å². The summed E-state index contributed by atoms with van der Waals surface area (Å²) in [6.07, 6.45) is 4.22. The van der Waals surface area contributed by atoms with E-state index >= 15 is 0 Å². The summed E-state index contributed by atoms with van der Waals surface area (Å²) < 4.78 is 5.67. The molecule has 41 heavy (non-hydrogen) atoms. The molecule has 4 bridgehead atoms. The molecule has 4 amide bonds. The third-order valence-corrected chi connectivity index (χ3v) is 8.34. The molecule has 0 unspecified atom stereocenters. The van der Waals surface area contributed by atoms with Crippen molar-refractivity contribution in [2.75, 3.05) is 19.6 Å². The molecule has 2 aliphatic rings. The highest BCUT2D eigenvalue weighted by Gasteiger charge is 2.32. The summed E-state index contributed by atoms with van der Waals surface area (Å²) in [7, 11) is 0. The molecular formula is C29H34N6O5S. The van der Waals surface area contributed by atoms with Crippen LogP contribution in [0.1, 0.15) is 82.6 Å². The van der Waals surface area contributed by atoms with Gasteiger partial charge in [-0.05, 0) is 24.3 Å². The zero-order chi connectivity index (χ0) is 28.9. The van der Waals surface area contributed by atoms with Gasteiger partial charge in [-0.1, -0.05) is 50.6 Å². The standard InChI is InChI=1S/C29H34N6O5S/c1-17(2)24-28-33-22(16-41-28)26(38)31-20(13-18-7-4-3-5-8-18)27-32-21(15-40-27)25(37)30-11-12-35(14-23(36)34-24)29(39)19-9-6-10-19/h3-5,7-8,15-17,19-20,24H,6,9-14H2,1-2H3,(H,30,37)(H,31,38)(H,34,36)/t20-,24-/m0/s1. The van der Waals surface area contributed by atoms with Gasteiger partial charge in [-0.2, -0.15) is 0 Å². The van der Waals surface area contributed by atoms with Gasteiger partial charge in [0.05, 0.1) is 12.6 Å². The number of hydrogen-bond donors (Lipinski definition) is 3. The maximum absolute atomic E-state index is 13.3. The maximum Gasteiger partial charge on any atom is 0.273 e. The van der Waals surface area contributed by atoms with Gasteiger partial charge in [-0.3, -0.25) is 19.2 Å². The molecule has 1 aromatic carbocycles. The number of rotatable bonds is 4. The topological polar surface area (TPSA) is 147 Å². The van der Waals surface area contributed by atoms with Crippen LogP contribution in [-0.4, -0.2) is 58.1 Å². The minimum Gasteiger partial charge on any atom is -0.446 e. The van der Waals surface area contributed by atoms with E-state index in [2.05, 4.69) is 25.9 Å². The van der Waals surface area contributed by atoms with Crippen molar-refractivity contribution < 1.29 is 23.6 Å². The number of benzene rings is 1. The summed E-state index contributed by atoms with van der Waals surface area (Å²) in [4.78, 5) is 63.0. The molecule has 3 aromatic rings. The molecule has 11 nitrogen and oxygen atoms in total. The van der Waals surface area contributed by atoms with Gasteiger partial charge in [0.15, 0.2) is 5.69 Å². The van der Waals surface area contributed by atoms with Crippen molar-refractivity contribution >= 4 is 35.0 Å². The number of thiazole rings is 1. The normalized spacial score (nSPS) is 20.9. The molecule has 3 N–H and O–H groups in total. The van der Waals surface area contributed by atoms with Crippen LogP contribution in [-0.2, 0) is 16.0 Å². The molecule has 216 valence electrons. The smallest absolute Gasteiger partial charge is 0.273 e. The Hall–Kier alpha value is -4.06. The number of nitrogens with one attached hydrogen (secondary N) is 3. The van der Waals surface area contributed by atoms with E-state index in [1.54, 1.807) is 5.38 Å². The molecule has 2 atom stereocenters. The van der Waals surface area contributed by atoms with E-state index in [0.717, 1.165) is 24.8 Å². The number of carbonyl (C=O) groups is 4. The molecule has 1 aliphatic carbocycles. The molecule has 2 aromatic heterocycles. The highest BCUT2D eigenvalue weighted by Crippen LogP contribution is 2.29. The Morgan fingerprint density at radius 1 is 1.07 bits per heavy atom. The molecule has 1 fully saturated rings. The van der Waals surface area contributed by atoms with E-state index in [1.165, 1.54) is 22.5 Å². The average molecular weight is 579 g/mol. The summed E-state index contributed by atoms with van der Waals surface area (Å²) in [6, 6.07) is 8.47. The van der Waals surface area contributed by atoms with Crippen LogP contribution < -0.4 is 16.0 Å². The number of fused-ring (bicyclic) bond motifs is 4. The zero-order valence-electron chi connectivity index (χ0n) is 23.1. The lowest BCUT2D eigenvalue weighted by atomic mass is 9.84. The third kappa shape index (κ3) is 6.82. The van der Waals surface area contributed by atoms with Crippen molar-refractivity contribution in [3.8, 4) is 0 Å². The van der Waals surface area contributed by atoms with E-state index < -0.39 is 23.9 Å². The lowest BCUT2D eigenvalue weighted by molar-refractivity contribution is -0.141. The van der Waals surface area contributed by atoms with Crippen molar-refractivity contribution in [3.63, 3.8) is 0 Å². The van der Waals surface area contributed by atoms with Crippen LogP contribution in [0.4, 0.5) is 0 Å². The predicted octanol–water partition coefficient (Wildman–Crippen LogP) is 3.03. The van der Waals surface area contributed by atoms with Gasteiger partial charge in [-0.15, -0.1) is 11.3 Å². The lowest BCUT2D eigenvalue weighted by Crippen LogP contribution is -2.48. The van der Waals surface area contributed by atoms with Crippen LogP contribution in [0.2, 0.25) is 0 Å². The molecule has 12 heteroatoms. The fourth-order valence-electron chi connectivity index (χ4n) is 4.85. The van der Waals surface area contributed by atoms with Crippen LogP contribution in [0.5, 0.6) is 0 Å². The fourth-order valence-corrected chi connectivity index (χ4v) is 5.87. The molecule has 0 radical (unpaired) electrons. The summed E-state index contributed by atoms with van der Waals surface area (Å²) in [5.74, 6) is -1.24. The largest absolute Gasteiger partial charge is 0.446 e. The summed E-state index contributed by atoms with van der Waals surface area (Å²) in [5.41, 5.74) is 1.20. The number of nitrogens with zero attached hydrogens (tertiary/aromatic N) is 3.